The molecular weight excluding hydrogens is 230 g/mol. The number of alkyl halides is 2. The van der Waals surface area contributed by atoms with Crippen molar-refractivity contribution in [3.05, 3.63) is 0 Å². The molecular formula is C11H22F2N2O2. The van der Waals surface area contributed by atoms with E-state index in [1.807, 2.05) is 0 Å². The minimum absolute atomic E-state index is 0.108. The second-order valence-electron chi connectivity index (χ2n) is 4.33. The van der Waals surface area contributed by atoms with Gasteiger partial charge in [0.1, 0.15) is 6.61 Å². The zero-order valence-corrected chi connectivity index (χ0v) is 10.0. The largest absolute Gasteiger partial charge is 0.378 e. The number of halogens is 2. The van der Waals surface area contributed by atoms with E-state index < -0.39 is 13.0 Å². The summed E-state index contributed by atoms with van der Waals surface area (Å²) in [6.45, 7) is 0.663. The van der Waals surface area contributed by atoms with Crippen LogP contribution in [0.3, 0.4) is 0 Å². The molecule has 1 fully saturated rings. The quantitative estimate of drug-likeness (QED) is 0.370. The molecule has 0 spiro atoms. The zero-order valence-electron chi connectivity index (χ0n) is 10.0. The summed E-state index contributed by atoms with van der Waals surface area (Å²) in [7, 11) is 0. The number of nitrogens with one attached hydrogen (secondary N) is 1. The molecule has 6 heteroatoms. The second kappa shape index (κ2) is 8.74. The van der Waals surface area contributed by atoms with Crippen molar-refractivity contribution in [2.45, 2.75) is 50.7 Å². The Hall–Kier alpha value is -0.300. The average Bonchev–Trinajstić information content (AvgIpc) is 2.81. The fourth-order valence-electron chi connectivity index (χ4n) is 1.97. The molecule has 0 saturated carbocycles. The maximum Gasteiger partial charge on any atom is 0.261 e. The lowest BCUT2D eigenvalue weighted by molar-refractivity contribution is 0.0137. The molecule has 1 rings (SSSR count). The molecule has 0 bridgehead atoms. The lowest BCUT2D eigenvalue weighted by atomic mass is 10.0. The molecule has 0 aromatic carbocycles. The molecule has 1 heterocycles. The third-order valence-electron chi connectivity index (χ3n) is 2.95. The monoisotopic (exact) mass is 252 g/mol. The van der Waals surface area contributed by atoms with E-state index in [0.717, 1.165) is 32.3 Å². The molecule has 3 N–H and O–H groups in total. The third kappa shape index (κ3) is 6.88. The molecule has 102 valence electrons. The summed E-state index contributed by atoms with van der Waals surface area (Å²) in [6.07, 6.45) is 2.68. The van der Waals surface area contributed by atoms with E-state index in [-0.39, 0.29) is 6.04 Å². The van der Waals surface area contributed by atoms with Crippen molar-refractivity contribution in [2.75, 3.05) is 19.8 Å². The second-order valence-corrected chi connectivity index (χ2v) is 4.33. The van der Waals surface area contributed by atoms with Gasteiger partial charge < -0.3 is 9.47 Å². The molecule has 1 aliphatic heterocycles. The first kappa shape index (κ1) is 14.8. The van der Waals surface area contributed by atoms with Crippen molar-refractivity contribution < 1.29 is 18.3 Å². The van der Waals surface area contributed by atoms with Crippen molar-refractivity contribution in [3.8, 4) is 0 Å². The highest BCUT2D eigenvalue weighted by atomic mass is 19.3. The Morgan fingerprint density at radius 1 is 1.41 bits per heavy atom. The Morgan fingerprint density at radius 3 is 2.82 bits per heavy atom. The van der Waals surface area contributed by atoms with Gasteiger partial charge in [0.05, 0.1) is 6.10 Å². The van der Waals surface area contributed by atoms with Crippen molar-refractivity contribution in [1.29, 1.82) is 0 Å². The van der Waals surface area contributed by atoms with E-state index in [1.165, 1.54) is 0 Å². The molecule has 0 radical (unpaired) electrons. The fraction of sp³-hybridized carbons (Fsp3) is 1.00. The van der Waals surface area contributed by atoms with Crippen LogP contribution < -0.4 is 11.3 Å². The molecule has 4 nitrogen and oxygen atoms in total. The van der Waals surface area contributed by atoms with Crippen LogP contribution in [0.2, 0.25) is 0 Å². The number of ether oxygens (including phenoxy) is 2. The van der Waals surface area contributed by atoms with Gasteiger partial charge in [-0.3, -0.25) is 11.3 Å². The van der Waals surface area contributed by atoms with Crippen LogP contribution in [0.1, 0.15) is 32.1 Å². The number of hydrogen-bond donors (Lipinski definition) is 2. The van der Waals surface area contributed by atoms with E-state index in [9.17, 15) is 8.78 Å². The van der Waals surface area contributed by atoms with E-state index in [4.69, 9.17) is 15.3 Å². The van der Waals surface area contributed by atoms with Gasteiger partial charge in [0.15, 0.2) is 0 Å². The van der Waals surface area contributed by atoms with Crippen molar-refractivity contribution in [1.82, 2.24) is 5.43 Å². The van der Waals surface area contributed by atoms with Crippen LogP contribution in [0.15, 0.2) is 0 Å². The lowest BCUT2D eigenvalue weighted by Crippen LogP contribution is -2.36. The van der Waals surface area contributed by atoms with Crippen LogP contribution in [0, 0.1) is 0 Å². The minimum atomic E-state index is -2.40. The van der Waals surface area contributed by atoms with Crippen LogP contribution in [0.5, 0.6) is 0 Å². The third-order valence-corrected chi connectivity index (χ3v) is 2.95. The Kier molecular flexibility index (Phi) is 7.59. The summed E-state index contributed by atoms with van der Waals surface area (Å²) in [6, 6.07) is 0.108. The Balaban J connectivity index is 2.02. The van der Waals surface area contributed by atoms with Gasteiger partial charge in [-0.05, 0) is 32.1 Å². The summed E-state index contributed by atoms with van der Waals surface area (Å²) >= 11 is 0. The molecule has 1 aliphatic rings. The number of nitrogens with two attached hydrogens (primary N) is 1. The summed E-state index contributed by atoms with van der Waals surface area (Å²) < 4.78 is 34.0. The van der Waals surface area contributed by atoms with Gasteiger partial charge in [0, 0.05) is 19.3 Å². The van der Waals surface area contributed by atoms with Gasteiger partial charge in [0.2, 0.25) is 0 Å². The smallest absolute Gasteiger partial charge is 0.261 e. The lowest BCUT2D eigenvalue weighted by Gasteiger charge is -2.17. The maximum atomic E-state index is 11.8. The molecule has 17 heavy (non-hydrogen) atoms. The van der Waals surface area contributed by atoms with Gasteiger partial charge in [-0.2, -0.15) is 0 Å². The van der Waals surface area contributed by atoms with E-state index in [1.54, 1.807) is 0 Å². The number of rotatable bonds is 9. The zero-order chi connectivity index (χ0) is 12.5. The van der Waals surface area contributed by atoms with Crippen LogP contribution in [0.4, 0.5) is 8.78 Å². The Bertz CT molecular complexity index is 190. The first-order valence-corrected chi connectivity index (χ1v) is 6.16. The molecule has 0 aliphatic carbocycles. The summed E-state index contributed by atoms with van der Waals surface area (Å²) in [5, 5.41) is 0. The van der Waals surface area contributed by atoms with Crippen molar-refractivity contribution >= 4 is 0 Å². The highest BCUT2D eigenvalue weighted by Crippen LogP contribution is 2.18. The molecule has 1 saturated heterocycles. The van der Waals surface area contributed by atoms with Crippen LogP contribution in [0.25, 0.3) is 0 Å². The predicted octanol–water partition coefficient (Wildman–Crippen LogP) is 1.45. The van der Waals surface area contributed by atoms with Crippen LogP contribution in [-0.4, -0.2) is 38.4 Å². The van der Waals surface area contributed by atoms with Gasteiger partial charge in [-0.1, -0.05) is 0 Å². The number of hydrogen-bond acceptors (Lipinski definition) is 4. The predicted molar refractivity (Wildman–Crippen MR) is 60.8 cm³/mol. The highest BCUT2D eigenvalue weighted by molar-refractivity contribution is 4.70. The average molecular weight is 252 g/mol. The van der Waals surface area contributed by atoms with Gasteiger partial charge in [0.25, 0.3) is 6.43 Å². The Labute approximate surface area is 101 Å². The molecule has 0 amide bonds. The van der Waals surface area contributed by atoms with Crippen molar-refractivity contribution in [2.24, 2.45) is 5.84 Å². The molecule has 0 aromatic heterocycles. The van der Waals surface area contributed by atoms with Gasteiger partial charge in [-0.15, -0.1) is 0 Å². The Morgan fingerprint density at radius 2 is 2.24 bits per heavy atom. The van der Waals surface area contributed by atoms with Crippen molar-refractivity contribution in [3.63, 3.8) is 0 Å². The fourth-order valence-corrected chi connectivity index (χ4v) is 1.97. The van der Waals surface area contributed by atoms with Gasteiger partial charge >= 0.3 is 0 Å². The van der Waals surface area contributed by atoms with E-state index >= 15 is 0 Å². The first-order valence-electron chi connectivity index (χ1n) is 6.16. The molecule has 2 unspecified atom stereocenters. The standard InChI is InChI=1S/C11H22F2N2O2/c12-11(13)8-16-7-5-9(15-14)3-4-10-2-1-6-17-10/h9-11,15H,1-8,14H2. The normalized spacial score (nSPS) is 22.2. The molecule has 0 aromatic rings. The van der Waals surface area contributed by atoms with E-state index in [2.05, 4.69) is 5.43 Å². The topological polar surface area (TPSA) is 56.5 Å². The molecule has 2 atom stereocenters. The maximum absolute atomic E-state index is 11.8. The highest BCUT2D eigenvalue weighted by Gasteiger charge is 2.17. The van der Waals surface area contributed by atoms with Crippen LogP contribution >= 0.6 is 0 Å². The first-order chi connectivity index (χ1) is 8.22. The number of hydrazine groups is 1. The summed E-state index contributed by atoms with van der Waals surface area (Å²) in [5.41, 5.74) is 2.69. The minimum Gasteiger partial charge on any atom is -0.378 e. The summed E-state index contributed by atoms with van der Waals surface area (Å²) in [4.78, 5) is 0. The SMILES string of the molecule is NNC(CCOCC(F)F)CCC1CCCO1. The van der Waals surface area contributed by atoms with Gasteiger partial charge in [-0.25, -0.2) is 8.78 Å². The van der Waals surface area contributed by atoms with Crippen LogP contribution in [-0.2, 0) is 9.47 Å². The van der Waals surface area contributed by atoms with E-state index in [0.29, 0.717) is 19.1 Å². The summed E-state index contributed by atoms with van der Waals surface area (Å²) in [5.74, 6) is 5.41.